The molecule has 0 unspecified atom stereocenters. The Morgan fingerprint density at radius 1 is 0.842 bits per heavy atom. The molecule has 0 aliphatic heterocycles. The van der Waals surface area contributed by atoms with Crippen LogP contribution in [0.25, 0.3) is 0 Å². The van der Waals surface area contributed by atoms with Gasteiger partial charge in [0.05, 0.1) is 19.1 Å². The normalized spacial score (nSPS) is 11.1. The third kappa shape index (κ3) is 2.56. The maximum absolute atomic E-state index is 12.5. The molecule has 0 atom stereocenters. The minimum absolute atomic E-state index is 0.155. The van der Waals surface area contributed by atoms with E-state index >= 15 is 0 Å². The lowest BCUT2D eigenvalue weighted by Gasteiger charge is -2.09. The van der Waals surface area contributed by atoms with Gasteiger partial charge in [-0.15, -0.1) is 0 Å². The number of methoxy groups -OCH3 is 2. The standard InChI is InChI=1S/C14H14O4S/c1-17-11-7-9-12(10-8-11)19(15,16)14-6-4-3-5-13(14)18-2/h3-10H,1-2H3. The van der Waals surface area contributed by atoms with Crippen molar-refractivity contribution in [2.24, 2.45) is 0 Å². The molecular formula is C14H14O4S. The van der Waals surface area contributed by atoms with Crippen LogP contribution in [0.4, 0.5) is 0 Å². The van der Waals surface area contributed by atoms with Gasteiger partial charge in [-0.25, -0.2) is 8.42 Å². The second kappa shape index (κ2) is 5.32. The minimum atomic E-state index is -3.59. The molecule has 2 aromatic carbocycles. The molecule has 0 bridgehead atoms. The maximum Gasteiger partial charge on any atom is 0.210 e. The van der Waals surface area contributed by atoms with Gasteiger partial charge in [-0.2, -0.15) is 0 Å². The summed E-state index contributed by atoms with van der Waals surface area (Å²) >= 11 is 0. The molecule has 0 spiro atoms. The molecule has 0 heterocycles. The SMILES string of the molecule is COc1ccc(S(=O)(=O)c2ccccc2OC)cc1. The van der Waals surface area contributed by atoms with E-state index < -0.39 is 9.84 Å². The molecule has 0 aliphatic rings. The molecule has 0 aliphatic carbocycles. The van der Waals surface area contributed by atoms with E-state index in [1.807, 2.05) is 0 Å². The Hall–Kier alpha value is -2.01. The molecule has 0 saturated heterocycles. The molecule has 0 N–H and O–H groups in total. The van der Waals surface area contributed by atoms with Crippen molar-refractivity contribution in [3.05, 3.63) is 48.5 Å². The van der Waals surface area contributed by atoms with Gasteiger partial charge in [-0.1, -0.05) is 12.1 Å². The predicted octanol–water partition coefficient (Wildman–Crippen LogP) is 2.54. The van der Waals surface area contributed by atoms with Gasteiger partial charge in [-0.05, 0) is 36.4 Å². The lowest BCUT2D eigenvalue weighted by molar-refractivity contribution is 0.402. The molecule has 0 fully saturated rings. The third-order valence-electron chi connectivity index (χ3n) is 2.73. The Kier molecular flexibility index (Phi) is 3.76. The van der Waals surface area contributed by atoms with E-state index in [1.54, 1.807) is 30.3 Å². The van der Waals surface area contributed by atoms with Crippen molar-refractivity contribution in [2.45, 2.75) is 9.79 Å². The zero-order chi connectivity index (χ0) is 13.9. The fourth-order valence-electron chi connectivity index (χ4n) is 1.72. The zero-order valence-corrected chi connectivity index (χ0v) is 11.5. The van der Waals surface area contributed by atoms with E-state index in [0.717, 1.165) is 0 Å². The van der Waals surface area contributed by atoms with Crippen LogP contribution in [-0.2, 0) is 9.84 Å². The van der Waals surface area contributed by atoms with E-state index in [9.17, 15) is 8.42 Å². The number of para-hydroxylation sites is 1. The second-order valence-electron chi connectivity index (χ2n) is 3.83. The number of sulfone groups is 1. The van der Waals surface area contributed by atoms with Crippen LogP contribution < -0.4 is 9.47 Å². The lowest BCUT2D eigenvalue weighted by Crippen LogP contribution is -2.04. The molecule has 0 saturated carbocycles. The first-order chi connectivity index (χ1) is 9.09. The number of ether oxygens (including phenoxy) is 2. The van der Waals surface area contributed by atoms with Gasteiger partial charge >= 0.3 is 0 Å². The quantitative estimate of drug-likeness (QED) is 0.862. The van der Waals surface area contributed by atoms with Crippen LogP contribution in [0.5, 0.6) is 11.5 Å². The Balaban J connectivity index is 2.52. The summed E-state index contributed by atoms with van der Waals surface area (Å²) in [5, 5.41) is 0. The summed E-state index contributed by atoms with van der Waals surface area (Å²) in [5.74, 6) is 0.942. The maximum atomic E-state index is 12.5. The summed E-state index contributed by atoms with van der Waals surface area (Å²) < 4.78 is 35.1. The van der Waals surface area contributed by atoms with Gasteiger partial charge < -0.3 is 9.47 Å². The topological polar surface area (TPSA) is 52.6 Å². The fraction of sp³-hybridized carbons (Fsp3) is 0.143. The molecule has 100 valence electrons. The third-order valence-corrected chi connectivity index (χ3v) is 4.54. The average Bonchev–Trinajstić information content (AvgIpc) is 2.47. The van der Waals surface area contributed by atoms with Crippen molar-refractivity contribution in [2.75, 3.05) is 14.2 Å². The summed E-state index contributed by atoms with van der Waals surface area (Å²) in [5.41, 5.74) is 0. The van der Waals surface area contributed by atoms with Crippen LogP contribution in [0.3, 0.4) is 0 Å². The zero-order valence-electron chi connectivity index (χ0n) is 10.7. The number of hydrogen-bond acceptors (Lipinski definition) is 4. The van der Waals surface area contributed by atoms with Gasteiger partial charge in [0.1, 0.15) is 16.4 Å². The minimum Gasteiger partial charge on any atom is -0.497 e. The number of rotatable bonds is 4. The average molecular weight is 278 g/mol. The van der Waals surface area contributed by atoms with Gasteiger partial charge in [0.2, 0.25) is 9.84 Å². The van der Waals surface area contributed by atoms with E-state index in [2.05, 4.69) is 0 Å². The largest absolute Gasteiger partial charge is 0.497 e. The second-order valence-corrected chi connectivity index (χ2v) is 5.75. The first-order valence-corrected chi connectivity index (χ1v) is 7.10. The number of hydrogen-bond donors (Lipinski definition) is 0. The van der Waals surface area contributed by atoms with Crippen molar-refractivity contribution in [3.8, 4) is 11.5 Å². The van der Waals surface area contributed by atoms with Crippen molar-refractivity contribution >= 4 is 9.84 Å². The number of benzene rings is 2. The highest BCUT2D eigenvalue weighted by Gasteiger charge is 2.21. The van der Waals surface area contributed by atoms with Gasteiger partial charge in [-0.3, -0.25) is 0 Å². The van der Waals surface area contributed by atoms with E-state index in [4.69, 9.17) is 9.47 Å². The molecule has 19 heavy (non-hydrogen) atoms. The van der Waals surface area contributed by atoms with Crippen molar-refractivity contribution in [1.29, 1.82) is 0 Å². The van der Waals surface area contributed by atoms with Crippen LogP contribution in [0, 0.1) is 0 Å². The van der Waals surface area contributed by atoms with E-state index in [1.165, 1.54) is 32.4 Å². The highest BCUT2D eigenvalue weighted by Crippen LogP contribution is 2.29. The van der Waals surface area contributed by atoms with E-state index in [-0.39, 0.29) is 9.79 Å². The van der Waals surface area contributed by atoms with Crippen molar-refractivity contribution in [3.63, 3.8) is 0 Å². The summed E-state index contributed by atoms with van der Waals surface area (Å²) in [6.07, 6.45) is 0. The highest BCUT2D eigenvalue weighted by molar-refractivity contribution is 7.91. The molecule has 0 amide bonds. The van der Waals surface area contributed by atoms with E-state index in [0.29, 0.717) is 11.5 Å². The van der Waals surface area contributed by atoms with Crippen LogP contribution >= 0.6 is 0 Å². The van der Waals surface area contributed by atoms with Crippen LogP contribution in [0.2, 0.25) is 0 Å². The summed E-state index contributed by atoms with van der Waals surface area (Å²) in [6, 6.07) is 12.8. The summed E-state index contributed by atoms with van der Waals surface area (Å²) in [7, 11) is -0.609. The molecule has 2 rings (SSSR count). The highest BCUT2D eigenvalue weighted by atomic mass is 32.2. The molecule has 4 nitrogen and oxygen atoms in total. The summed E-state index contributed by atoms with van der Waals surface area (Å²) in [6.45, 7) is 0. The monoisotopic (exact) mass is 278 g/mol. The van der Waals surface area contributed by atoms with Crippen LogP contribution in [0.15, 0.2) is 58.3 Å². The van der Waals surface area contributed by atoms with Crippen molar-refractivity contribution < 1.29 is 17.9 Å². The molecule has 0 aromatic heterocycles. The van der Waals surface area contributed by atoms with Crippen LogP contribution in [-0.4, -0.2) is 22.6 Å². The molecule has 5 heteroatoms. The Morgan fingerprint density at radius 3 is 2.05 bits per heavy atom. The first kappa shape index (κ1) is 13.4. The van der Waals surface area contributed by atoms with Gasteiger partial charge in [0, 0.05) is 0 Å². The van der Waals surface area contributed by atoms with Gasteiger partial charge in [0.25, 0.3) is 0 Å². The lowest BCUT2D eigenvalue weighted by atomic mass is 10.3. The van der Waals surface area contributed by atoms with Crippen LogP contribution in [0.1, 0.15) is 0 Å². The van der Waals surface area contributed by atoms with Crippen molar-refractivity contribution in [1.82, 2.24) is 0 Å². The molecular weight excluding hydrogens is 264 g/mol. The Labute approximate surface area is 112 Å². The summed E-state index contributed by atoms with van der Waals surface area (Å²) in [4.78, 5) is 0.362. The Bertz CT molecular complexity index is 660. The first-order valence-electron chi connectivity index (χ1n) is 5.62. The van der Waals surface area contributed by atoms with Gasteiger partial charge in [0.15, 0.2) is 0 Å². The Morgan fingerprint density at radius 2 is 1.47 bits per heavy atom. The smallest absolute Gasteiger partial charge is 0.210 e. The fourth-order valence-corrected chi connectivity index (χ4v) is 3.14. The molecule has 0 radical (unpaired) electrons. The molecule has 2 aromatic rings. The predicted molar refractivity (Wildman–Crippen MR) is 71.4 cm³/mol.